The Hall–Kier alpha value is -0.610. The standard InChI is InChI=1S/C9H16N2O2/c10-8(12)7-1-4-11-9(7)2-5-13-6-3-9/h7,11H,1-6H2,(H2,10,12). The fourth-order valence-electron chi connectivity index (χ4n) is 2.54. The maximum absolute atomic E-state index is 11.2. The molecule has 1 atom stereocenters. The van der Waals surface area contributed by atoms with Crippen molar-refractivity contribution in [1.29, 1.82) is 0 Å². The minimum Gasteiger partial charge on any atom is -0.381 e. The average Bonchev–Trinajstić information content (AvgIpc) is 2.50. The van der Waals surface area contributed by atoms with Crippen LogP contribution < -0.4 is 11.1 Å². The summed E-state index contributed by atoms with van der Waals surface area (Å²) in [6, 6.07) is 0. The highest BCUT2D eigenvalue weighted by Gasteiger charge is 2.46. The lowest BCUT2D eigenvalue weighted by Gasteiger charge is -2.37. The second-order valence-corrected chi connectivity index (χ2v) is 3.94. The minimum atomic E-state index is -0.160. The van der Waals surface area contributed by atoms with Crippen LogP contribution in [-0.2, 0) is 9.53 Å². The quantitative estimate of drug-likeness (QED) is 0.584. The molecular formula is C9H16N2O2. The number of nitrogens with two attached hydrogens (primary N) is 1. The molecule has 2 aliphatic heterocycles. The van der Waals surface area contributed by atoms with E-state index in [4.69, 9.17) is 10.5 Å². The summed E-state index contributed by atoms with van der Waals surface area (Å²) in [6.07, 6.45) is 2.72. The zero-order valence-corrected chi connectivity index (χ0v) is 7.71. The van der Waals surface area contributed by atoms with E-state index < -0.39 is 0 Å². The molecule has 0 radical (unpaired) electrons. The smallest absolute Gasteiger partial charge is 0.222 e. The predicted octanol–water partition coefficient (Wildman–Crippen LogP) is -0.370. The van der Waals surface area contributed by atoms with Crippen molar-refractivity contribution < 1.29 is 9.53 Å². The van der Waals surface area contributed by atoms with Crippen molar-refractivity contribution in [3.8, 4) is 0 Å². The molecule has 2 fully saturated rings. The number of amides is 1. The molecule has 0 aromatic heterocycles. The number of primary amides is 1. The fourth-order valence-corrected chi connectivity index (χ4v) is 2.54. The molecule has 1 amide bonds. The largest absolute Gasteiger partial charge is 0.381 e. The first-order valence-corrected chi connectivity index (χ1v) is 4.87. The summed E-state index contributed by atoms with van der Waals surface area (Å²) in [5.74, 6) is -0.150. The molecule has 4 nitrogen and oxygen atoms in total. The lowest BCUT2D eigenvalue weighted by Crippen LogP contribution is -2.52. The molecule has 1 unspecified atom stereocenters. The van der Waals surface area contributed by atoms with Crippen molar-refractivity contribution in [2.24, 2.45) is 11.7 Å². The Kier molecular flexibility index (Phi) is 2.26. The van der Waals surface area contributed by atoms with Crippen molar-refractivity contribution in [1.82, 2.24) is 5.32 Å². The highest BCUT2D eigenvalue weighted by molar-refractivity contribution is 5.78. The van der Waals surface area contributed by atoms with Crippen LogP contribution in [-0.4, -0.2) is 31.2 Å². The molecule has 2 saturated heterocycles. The van der Waals surface area contributed by atoms with Crippen LogP contribution in [0.5, 0.6) is 0 Å². The van der Waals surface area contributed by atoms with Crippen LogP contribution in [0, 0.1) is 5.92 Å². The second kappa shape index (κ2) is 3.27. The van der Waals surface area contributed by atoms with Crippen LogP contribution in [0.25, 0.3) is 0 Å². The molecule has 0 aliphatic carbocycles. The van der Waals surface area contributed by atoms with E-state index in [1.54, 1.807) is 0 Å². The molecule has 1 spiro atoms. The van der Waals surface area contributed by atoms with Crippen LogP contribution in [0.4, 0.5) is 0 Å². The maximum atomic E-state index is 11.2. The van der Waals surface area contributed by atoms with Gasteiger partial charge in [0.05, 0.1) is 5.92 Å². The van der Waals surface area contributed by atoms with Gasteiger partial charge in [-0.15, -0.1) is 0 Å². The number of hydrogen-bond donors (Lipinski definition) is 2. The van der Waals surface area contributed by atoms with Gasteiger partial charge in [-0.3, -0.25) is 4.79 Å². The molecule has 13 heavy (non-hydrogen) atoms. The van der Waals surface area contributed by atoms with Gasteiger partial charge in [-0.05, 0) is 25.8 Å². The third kappa shape index (κ3) is 1.44. The van der Waals surface area contributed by atoms with Gasteiger partial charge < -0.3 is 15.8 Å². The summed E-state index contributed by atoms with van der Waals surface area (Å²) in [6.45, 7) is 2.40. The van der Waals surface area contributed by atoms with Crippen molar-refractivity contribution in [3.63, 3.8) is 0 Å². The van der Waals surface area contributed by atoms with E-state index in [1.807, 2.05) is 0 Å². The first kappa shape index (κ1) is 8.97. The monoisotopic (exact) mass is 184 g/mol. The highest BCUT2D eigenvalue weighted by Crippen LogP contribution is 2.34. The highest BCUT2D eigenvalue weighted by atomic mass is 16.5. The summed E-state index contributed by atoms with van der Waals surface area (Å²) in [5.41, 5.74) is 5.35. The summed E-state index contributed by atoms with van der Waals surface area (Å²) in [7, 11) is 0. The Labute approximate surface area is 77.8 Å². The van der Waals surface area contributed by atoms with E-state index in [9.17, 15) is 4.79 Å². The maximum Gasteiger partial charge on any atom is 0.222 e. The number of ether oxygens (including phenoxy) is 1. The Balaban J connectivity index is 2.13. The number of rotatable bonds is 1. The van der Waals surface area contributed by atoms with Gasteiger partial charge in [-0.25, -0.2) is 0 Å². The van der Waals surface area contributed by atoms with E-state index >= 15 is 0 Å². The van der Waals surface area contributed by atoms with Crippen molar-refractivity contribution >= 4 is 5.91 Å². The van der Waals surface area contributed by atoms with Crippen molar-refractivity contribution in [2.45, 2.75) is 24.8 Å². The normalized spacial score (nSPS) is 32.2. The molecule has 74 valence electrons. The van der Waals surface area contributed by atoms with Gasteiger partial charge >= 0.3 is 0 Å². The van der Waals surface area contributed by atoms with E-state index in [0.29, 0.717) is 0 Å². The first-order chi connectivity index (χ1) is 6.25. The summed E-state index contributed by atoms with van der Waals surface area (Å²) >= 11 is 0. The van der Waals surface area contributed by atoms with Crippen LogP contribution >= 0.6 is 0 Å². The summed E-state index contributed by atoms with van der Waals surface area (Å²) in [5, 5.41) is 3.42. The molecule has 0 aromatic rings. The predicted molar refractivity (Wildman–Crippen MR) is 48.1 cm³/mol. The van der Waals surface area contributed by atoms with Crippen molar-refractivity contribution in [3.05, 3.63) is 0 Å². The molecule has 0 aromatic carbocycles. The molecule has 4 heteroatoms. The van der Waals surface area contributed by atoms with E-state index in [-0.39, 0.29) is 17.4 Å². The van der Waals surface area contributed by atoms with E-state index in [2.05, 4.69) is 5.32 Å². The molecule has 0 bridgehead atoms. The number of carbonyl (C=O) groups is 1. The van der Waals surface area contributed by atoms with E-state index in [1.165, 1.54) is 0 Å². The Bertz CT molecular complexity index is 212. The van der Waals surface area contributed by atoms with E-state index in [0.717, 1.165) is 39.0 Å². The van der Waals surface area contributed by atoms with Gasteiger partial charge in [-0.2, -0.15) is 0 Å². The molecule has 2 rings (SSSR count). The molecule has 0 saturated carbocycles. The molecular weight excluding hydrogens is 168 g/mol. The van der Waals surface area contributed by atoms with Crippen LogP contribution in [0.3, 0.4) is 0 Å². The molecule has 2 heterocycles. The summed E-state index contributed by atoms with van der Waals surface area (Å²) in [4.78, 5) is 11.2. The average molecular weight is 184 g/mol. The SMILES string of the molecule is NC(=O)C1CCNC12CCOCC2. The minimum absolute atomic E-state index is 0.0106. The van der Waals surface area contributed by atoms with Crippen LogP contribution in [0.1, 0.15) is 19.3 Å². The third-order valence-corrected chi connectivity index (χ3v) is 3.31. The number of carbonyl (C=O) groups excluding carboxylic acids is 1. The Morgan fingerprint density at radius 2 is 2.15 bits per heavy atom. The van der Waals surface area contributed by atoms with Gasteiger partial charge in [0.2, 0.25) is 5.91 Å². The first-order valence-electron chi connectivity index (χ1n) is 4.87. The number of hydrogen-bond acceptors (Lipinski definition) is 3. The zero-order chi connectivity index (χ0) is 9.31. The lowest BCUT2D eigenvalue weighted by molar-refractivity contribution is -0.124. The van der Waals surface area contributed by atoms with Crippen LogP contribution in [0.2, 0.25) is 0 Å². The van der Waals surface area contributed by atoms with Gasteiger partial charge in [0, 0.05) is 18.8 Å². The molecule has 3 N–H and O–H groups in total. The second-order valence-electron chi connectivity index (χ2n) is 3.94. The lowest BCUT2D eigenvalue weighted by atomic mass is 9.79. The van der Waals surface area contributed by atoms with Gasteiger partial charge in [0.15, 0.2) is 0 Å². The summed E-state index contributed by atoms with van der Waals surface area (Å²) < 4.78 is 5.29. The molecule has 2 aliphatic rings. The third-order valence-electron chi connectivity index (χ3n) is 3.31. The van der Waals surface area contributed by atoms with Gasteiger partial charge in [-0.1, -0.05) is 0 Å². The zero-order valence-electron chi connectivity index (χ0n) is 7.71. The topological polar surface area (TPSA) is 64.4 Å². The van der Waals surface area contributed by atoms with Gasteiger partial charge in [0.1, 0.15) is 0 Å². The Morgan fingerprint density at radius 1 is 1.46 bits per heavy atom. The van der Waals surface area contributed by atoms with Crippen LogP contribution in [0.15, 0.2) is 0 Å². The number of nitrogens with one attached hydrogen (secondary N) is 1. The Morgan fingerprint density at radius 3 is 2.77 bits per heavy atom. The fraction of sp³-hybridized carbons (Fsp3) is 0.889. The van der Waals surface area contributed by atoms with Crippen molar-refractivity contribution in [2.75, 3.05) is 19.8 Å². The van der Waals surface area contributed by atoms with Gasteiger partial charge in [0.25, 0.3) is 0 Å².